The van der Waals surface area contributed by atoms with Crippen molar-refractivity contribution >= 4 is 13.4 Å². The van der Waals surface area contributed by atoms with Gasteiger partial charge in [-0.1, -0.05) is 33.8 Å². The van der Waals surface area contributed by atoms with Crippen LogP contribution in [-0.2, 0) is 6.42 Å². The van der Waals surface area contributed by atoms with Gasteiger partial charge >= 0.3 is 0 Å². The summed E-state index contributed by atoms with van der Waals surface area (Å²) in [6.07, 6.45) is 7.77. The number of aromatic nitrogens is 1. The first-order chi connectivity index (χ1) is 16.9. The first-order valence-electron chi connectivity index (χ1n) is 13.2. The van der Waals surface area contributed by atoms with Crippen molar-refractivity contribution in [3.63, 3.8) is 0 Å². The number of pyridine rings is 1. The van der Waals surface area contributed by atoms with E-state index in [0.29, 0.717) is 30.0 Å². The van der Waals surface area contributed by atoms with E-state index in [9.17, 15) is 9.79 Å². The number of methoxy groups -OCH3 is 1. The minimum atomic E-state index is -2.82. The minimum Gasteiger partial charge on any atom is -0.497 e. The molecule has 2 heterocycles. The molecule has 7 heteroatoms. The van der Waals surface area contributed by atoms with Crippen molar-refractivity contribution in [2.45, 2.75) is 65.7 Å². The lowest BCUT2D eigenvalue weighted by molar-refractivity contribution is 0.216. The van der Waals surface area contributed by atoms with Crippen LogP contribution in [-0.4, -0.2) is 54.4 Å². The second-order valence-corrected chi connectivity index (χ2v) is 14.3. The van der Waals surface area contributed by atoms with Crippen LogP contribution >= 0.6 is 7.72 Å². The molecule has 1 atom stereocenters. The standard InChI is InChI=1S/C29H46N2O4P/c1-22(21-36(6,32)33)25-11-15-30-28(18-25)35-20-23-12-16-31(17-13-23)27-19-26(34-5)10-9-24(27)8-7-14-29(2,3)4/h9-11,15,18-19,22-23,32-33H,7-8,12-14,16-17,20-21H2,1-6H3/q+1/t22-/m1/s1. The number of hydrogen-bond acceptors (Lipinski definition) is 6. The molecule has 3 rings (SSSR count). The fourth-order valence-corrected chi connectivity index (χ4v) is 6.21. The molecule has 2 N–H and O–H groups in total. The molecular weight excluding hydrogens is 471 g/mol. The lowest BCUT2D eigenvalue weighted by Gasteiger charge is -2.35. The molecular formula is C29H46N2O4P+. The lowest BCUT2D eigenvalue weighted by Crippen LogP contribution is -2.36. The highest BCUT2D eigenvalue weighted by molar-refractivity contribution is 7.63. The molecule has 1 saturated heterocycles. The topological polar surface area (TPSA) is 75.1 Å². The van der Waals surface area contributed by atoms with Crippen molar-refractivity contribution in [2.24, 2.45) is 11.3 Å². The molecule has 1 aliphatic heterocycles. The number of aryl methyl sites for hydroxylation is 1. The molecule has 0 radical (unpaired) electrons. The Hall–Kier alpha value is -1.88. The molecule has 1 aromatic carbocycles. The third kappa shape index (κ3) is 9.21. The van der Waals surface area contributed by atoms with Gasteiger partial charge in [-0.2, -0.15) is 0 Å². The zero-order valence-electron chi connectivity index (χ0n) is 23.0. The molecule has 2 aromatic rings. The number of rotatable bonds is 11. The van der Waals surface area contributed by atoms with Crippen molar-refractivity contribution in [1.82, 2.24) is 4.98 Å². The largest absolute Gasteiger partial charge is 0.497 e. The maximum absolute atomic E-state index is 9.83. The number of ether oxygens (including phenoxy) is 2. The molecule has 0 spiro atoms. The van der Waals surface area contributed by atoms with E-state index in [1.54, 1.807) is 13.3 Å². The van der Waals surface area contributed by atoms with Crippen molar-refractivity contribution in [3.05, 3.63) is 47.7 Å². The summed E-state index contributed by atoms with van der Waals surface area (Å²) in [7, 11) is -1.08. The molecule has 0 saturated carbocycles. The van der Waals surface area contributed by atoms with Gasteiger partial charge in [0.25, 0.3) is 7.72 Å². The van der Waals surface area contributed by atoms with E-state index in [4.69, 9.17) is 9.47 Å². The third-order valence-electron chi connectivity index (χ3n) is 7.04. The Kier molecular flexibility index (Phi) is 10.0. The lowest BCUT2D eigenvalue weighted by atomic mass is 9.88. The van der Waals surface area contributed by atoms with Crippen molar-refractivity contribution in [3.8, 4) is 11.6 Å². The zero-order chi connectivity index (χ0) is 26.3. The fourth-order valence-electron chi connectivity index (χ4n) is 4.96. The van der Waals surface area contributed by atoms with Gasteiger partial charge in [-0.3, -0.25) is 0 Å². The second-order valence-electron chi connectivity index (χ2n) is 11.7. The van der Waals surface area contributed by atoms with Gasteiger partial charge in [-0.15, -0.1) is 0 Å². The first-order valence-corrected chi connectivity index (χ1v) is 15.6. The van der Waals surface area contributed by atoms with Crippen LogP contribution in [0.25, 0.3) is 0 Å². The molecule has 1 aliphatic rings. The molecule has 200 valence electrons. The van der Waals surface area contributed by atoms with E-state index in [-0.39, 0.29) is 5.92 Å². The number of nitrogens with zero attached hydrogens (tertiary/aromatic N) is 2. The van der Waals surface area contributed by atoms with Gasteiger partial charge < -0.3 is 14.4 Å². The molecule has 6 nitrogen and oxygen atoms in total. The molecule has 1 aromatic heterocycles. The SMILES string of the molecule is COc1ccc(CCCC(C)(C)C)c(N2CCC(COc3cc([C@H](C)C[P+](C)(O)O)ccn3)CC2)c1. The van der Waals surface area contributed by atoms with Gasteiger partial charge in [-0.05, 0) is 66.7 Å². The molecule has 1 fully saturated rings. The second kappa shape index (κ2) is 12.6. The highest BCUT2D eigenvalue weighted by Gasteiger charge is 2.29. The monoisotopic (exact) mass is 517 g/mol. The van der Waals surface area contributed by atoms with Gasteiger partial charge in [0.1, 0.15) is 18.6 Å². The highest BCUT2D eigenvalue weighted by Crippen LogP contribution is 2.48. The maximum atomic E-state index is 9.83. The predicted molar refractivity (Wildman–Crippen MR) is 151 cm³/mol. The molecule has 0 unspecified atom stereocenters. The van der Waals surface area contributed by atoms with Crippen molar-refractivity contribution in [1.29, 1.82) is 0 Å². The number of benzene rings is 1. The number of anilines is 1. The maximum Gasteiger partial charge on any atom is 0.265 e. The summed E-state index contributed by atoms with van der Waals surface area (Å²) in [4.78, 5) is 26.5. The Labute approximate surface area is 218 Å². The van der Waals surface area contributed by atoms with Gasteiger partial charge in [0, 0.05) is 43.0 Å². The van der Waals surface area contributed by atoms with Crippen LogP contribution in [0.15, 0.2) is 36.5 Å². The minimum absolute atomic E-state index is 0.0485. The number of piperidine rings is 1. The van der Waals surface area contributed by atoms with Crippen molar-refractivity contribution < 1.29 is 19.3 Å². The summed E-state index contributed by atoms with van der Waals surface area (Å²) in [5, 5.41) is 0. The predicted octanol–water partition coefficient (Wildman–Crippen LogP) is 6.32. The summed E-state index contributed by atoms with van der Waals surface area (Å²) in [6.45, 7) is 13.1. The van der Waals surface area contributed by atoms with Crippen LogP contribution < -0.4 is 14.4 Å². The van der Waals surface area contributed by atoms with Crippen LogP contribution in [0, 0.1) is 11.3 Å². The molecule has 0 amide bonds. The Bertz CT molecular complexity index is 962. The summed E-state index contributed by atoms with van der Waals surface area (Å²) in [5.74, 6) is 2.07. The highest BCUT2D eigenvalue weighted by atomic mass is 31.2. The zero-order valence-corrected chi connectivity index (χ0v) is 23.9. The van der Waals surface area contributed by atoms with E-state index in [2.05, 4.69) is 48.9 Å². The van der Waals surface area contributed by atoms with Gasteiger partial charge in [0.05, 0.1) is 13.7 Å². The Morgan fingerprint density at radius 1 is 1.14 bits per heavy atom. The normalized spacial score (nSPS) is 16.2. The first kappa shape index (κ1) is 28.7. The van der Waals surface area contributed by atoms with Crippen LogP contribution in [0.2, 0.25) is 0 Å². The summed E-state index contributed by atoms with van der Waals surface area (Å²) in [5.41, 5.74) is 4.11. The van der Waals surface area contributed by atoms with E-state index in [1.165, 1.54) is 30.8 Å². The van der Waals surface area contributed by atoms with Crippen molar-refractivity contribution in [2.75, 3.05) is 44.5 Å². The van der Waals surface area contributed by atoms with Gasteiger partial charge in [-0.25, -0.2) is 14.8 Å². The number of hydrogen-bond donors (Lipinski definition) is 2. The third-order valence-corrected chi connectivity index (χ3v) is 8.27. The Balaban J connectivity index is 1.55. The van der Waals surface area contributed by atoms with Gasteiger partial charge in [0.15, 0.2) is 0 Å². The van der Waals surface area contributed by atoms with E-state index in [0.717, 1.165) is 43.7 Å². The summed E-state index contributed by atoms with van der Waals surface area (Å²) >= 11 is 0. The Morgan fingerprint density at radius 3 is 2.50 bits per heavy atom. The van der Waals surface area contributed by atoms with Gasteiger partial charge in [0.2, 0.25) is 5.88 Å². The average Bonchev–Trinajstić information content (AvgIpc) is 2.81. The van der Waals surface area contributed by atoms with E-state index in [1.807, 2.05) is 19.1 Å². The molecule has 0 bridgehead atoms. The van der Waals surface area contributed by atoms with E-state index >= 15 is 0 Å². The molecule has 36 heavy (non-hydrogen) atoms. The van der Waals surface area contributed by atoms with Crippen LogP contribution in [0.5, 0.6) is 11.6 Å². The van der Waals surface area contributed by atoms with E-state index < -0.39 is 7.72 Å². The van der Waals surface area contributed by atoms with Crippen LogP contribution in [0.4, 0.5) is 5.69 Å². The fraction of sp³-hybridized carbons (Fsp3) is 0.621. The van der Waals surface area contributed by atoms with Crippen LogP contribution in [0.3, 0.4) is 0 Å². The molecule has 0 aliphatic carbocycles. The summed E-state index contributed by atoms with van der Waals surface area (Å²) in [6, 6.07) is 10.4. The average molecular weight is 518 g/mol. The summed E-state index contributed by atoms with van der Waals surface area (Å²) < 4.78 is 11.6. The van der Waals surface area contributed by atoms with Crippen LogP contribution in [0.1, 0.15) is 70.4 Å². The smallest absolute Gasteiger partial charge is 0.265 e. The Morgan fingerprint density at radius 2 is 1.86 bits per heavy atom. The quantitative estimate of drug-likeness (QED) is 0.340.